The van der Waals surface area contributed by atoms with Crippen molar-refractivity contribution < 1.29 is 5.11 Å². The molecule has 1 atom stereocenters. The van der Waals surface area contributed by atoms with E-state index in [0.717, 1.165) is 18.7 Å². The molecule has 1 aromatic heterocycles. The van der Waals surface area contributed by atoms with Crippen molar-refractivity contribution in [1.29, 1.82) is 0 Å². The first-order chi connectivity index (χ1) is 8.06. The molecule has 1 N–H and O–H groups in total. The van der Waals surface area contributed by atoms with Gasteiger partial charge < -0.3 is 5.11 Å². The summed E-state index contributed by atoms with van der Waals surface area (Å²) in [4.78, 5) is 0.877. The third kappa shape index (κ3) is 3.55. The maximum Gasteiger partial charge on any atom is 0.0923 e. The van der Waals surface area contributed by atoms with E-state index >= 15 is 0 Å². The van der Waals surface area contributed by atoms with Crippen molar-refractivity contribution in [3.8, 4) is 0 Å². The molecule has 1 aromatic carbocycles. The van der Waals surface area contributed by atoms with Gasteiger partial charge in [-0.05, 0) is 39.7 Å². The highest BCUT2D eigenvalue weighted by molar-refractivity contribution is 9.11. The molecule has 5 heteroatoms. The van der Waals surface area contributed by atoms with Crippen molar-refractivity contribution in [2.45, 2.75) is 12.5 Å². The minimum Gasteiger partial charge on any atom is -0.387 e. The monoisotopic (exact) mass is 394 g/mol. The summed E-state index contributed by atoms with van der Waals surface area (Å²) in [7, 11) is 0. The summed E-state index contributed by atoms with van der Waals surface area (Å²) in [6.07, 6.45) is 0.0704. The molecule has 0 aliphatic carbocycles. The standard InChI is InChI=1S/C12H9Br2ClOS/c13-8-3-1-2-7(4-8)5-10(16)11-6-9(15)12(14)17-11/h1-4,6,10,16H,5H2. The van der Waals surface area contributed by atoms with Crippen LogP contribution in [0.25, 0.3) is 0 Å². The topological polar surface area (TPSA) is 20.2 Å². The van der Waals surface area contributed by atoms with E-state index in [4.69, 9.17) is 11.6 Å². The van der Waals surface area contributed by atoms with E-state index in [2.05, 4.69) is 31.9 Å². The van der Waals surface area contributed by atoms with Crippen molar-refractivity contribution in [3.63, 3.8) is 0 Å². The van der Waals surface area contributed by atoms with E-state index in [1.54, 1.807) is 6.07 Å². The van der Waals surface area contributed by atoms with E-state index in [-0.39, 0.29) is 0 Å². The molecule has 0 aliphatic heterocycles. The maximum atomic E-state index is 10.1. The molecule has 1 nitrogen and oxygen atoms in total. The van der Waals surface area contributed by atoms with Crippen LogP contribution in [-0.4, -0.2) is 5.11 Å². The molecule has 0 saturated carbocycles. The largest absolute Gasteiger partial charge is 0.387 e. The number of aliphatic hydroxyl groups is 1. The van der Waals surface area contributed by atoms with Crippen LogP contribution in [0.2, 0.25) is 5.02 Å². The van der Waals surface area contributed by atoms with Crippen LogP contribution in [0.15, 0.2) is 38.6 Å². The lowest BCUT2D eigenvalue weighted by molar-refractivity contribution is 0.182. The van der Waals surface area contributed by atoms with Gasteiger partial charge in [-0.3, -0.25) is 0 Å². The summed E-state index contributed by atoms with van der Waals surface area (Å²) >= 11 is 14.2. The molecule has 1 unspecified atom stereocenters. The van der Waals surface area contributed by atoms with E-state index < -0.39 is 6.10 Å². The Kier molecular flexibility index (Phi) is 4.66. The molecule has 17 heavy (non-hydrogen) atoms. The average molecular weight is 397 g/mol. The number of hydrogen-bond acceptors (Lipinski definition) is 2. The number of aliphatic hydroxyl groups excluding tert-OH is 1. The van der Waals surface area contributed by atoms with Crippen LogP contribution in [0.3, 0.4) is 0 Å². The number of benzene rings is 1. The van der Waals surface area contributed by atoms with E-state index in [1.807, 2.05) is 24.3 Å². The first-order valence-corrected chi connectivity index (χ1v) is 7.71. The molecule has 0 fully saturated rings. The summed E-state index contributed by atoms with van der Waals surface area (Å²) in [5.41, 5.74) is 1.09. The Balaban J connectivity index is 2.14. The zero-order valence-corrected chi connectivity index (χ0v) is 13.4. The minimum atomic E-state index is -0.516. The molecule has 0 radical (unpaired) electrons. The van der Waals surface area contributed by atoms with Gasteiger partial charge in [-0.2, -0.15) is 0 Å². The summed E-state index contributed by atoms with van der Waals surface area (Å²) in [6, 6.07) is 9.74. The molecule has 2 rings (SSSR count). The Morgan fingerprint density at radius 1 is 1.29 bits per heavy atom. The van der Waals surface area contributed by atoms with E-state index in [1.165, 1.54) is 11.3 Å². The average Bonchev–Trinajstić information content (AvgIpc) is 2.59. The quantitative estimate of drug-likeness (QED) is 0.756. The first-order valence-electron chi connectivity index (χ1n) is 4.93. The third-order valence-corrected chi connectivity index (χ3v) is 5.38. The van der Waals surface area contributed by atoms with Crippen LogP contribution in [-0.2, 0) is 6.42 Å². The van der Waals surface area contributed by atoms with Crippen LogP contribution >= 0.6 is 54.8 Å². The zero-order chi connectivity index (χ0) is 12.4. The number of hydrogen-bond donors (Lipinski definition) is 1. The van der Waals surface area contributed by atoms with Crippen LogP contribution in [0.1, 0.15) is 16.5 Å². The Hall–Kier alpha value is 0.130. The summed E-state index contributed by atoms with van der Waals surface area (Å²) in [6.45, 7) is 0. The fraction of sp³-hybridized carbons (Fsp3) is 0.167. The van der Waals surface area contributed by atoms with Gasteiger partial charge >= 0.3 is 0 Å². The normalized spacial score (nSPS) is 12.7. The van der Waals surface area contributed by atoms with Gasteiger partial charge in [0, 0.05) is 15.8 Å². The van der Waals surface area contributed by atoms with Gasteiger partial charge in [0.15, 0.2) is 0 Å². The van der Waals surface area contributed by atoms with Crippen molar-refractivity contribution in [1.82, 2.24) is 0 Å². The third-order valence-electron chi connectivity index (χ3n) is 2.31. The highest BCUT2D eigenvalue weighted by Gasteiger charge is 2.13. The lowest BCUT2D eigenvalue weighted by atomic mass is 10.1. The van der Waals surface area contributed by atoms with E-state index in [9.17, 15) is 5.11 Å². The predicted molar refractivity (Wildman–Crippen MR) is 79.8 cm³/mol. The molecule has 0 amide bonds. The molecule has 0 saturated heterocycles. The van der Waals surface area contributed by atoms with Crippen LogP contribution in [0.5, 0.6) is 0 Å². The Morgan fingerprint density at radius 2 is 2.06 bits per heavy atom. The highest BCUT2D eigenvalue weighted by Crippen LogP contribution is 2.36. The van der Waals surface area contributed by atoms with Gasteiger partial charge in [-0.25, -0.2) is 0 Å². The van der Waals surface area contributed by atoms with Gasteiger partial charge in [-0.15, -0.1) is 11.3 Å². The summed E-state index contributed by atoms with van der Waals surface area (Å²) in [5, 5.41) is 10.8. The smallest absolute Gasteiger partial charge is 0.0923 e. The van der Waals surface area contributed by atoms with Crippen LogP contribution in [0, 0.1) is 0 Å². The van der Waals surface area contributed by atoms with Gasteiger partial charge in [-0.1, -0.05) is 39.7 Å². The number of rotatable bonds is 3. The van der Waals surface area contributed by atoms with Crippen molar-refractivity contribution in [2.75, 3.05) is 0 Å². The lowest BCUT2D eigenvalue weighted by Gasteiger charge is -2.08. The maximum absolute atomic E-state index is 10.1. The summed E-state index contributed by atoms with van der Waals surface area (Å²) < 4.78 is 1.88. The predicted octanol–water partition coefficient (Wildman–Crippen LogP) is 5.20. The highest BCUT2D eigenvalue weighted by atomic mass is 79.9. The minimum absolute atomic E-state index is 0.516. The van der Waals surface area contributed by atoms with Crippen molar-refractivity contribution in [2.24, 2.45) is 0 Å². The Labute approximate surface area is 126 Å². The Bertz CT molecular complexity index is 507. The van der Waals surface area contributed by atoms with Crippen LogP contribution in [0.4, 0.5) is 0 Å². The van der Waals surface area contributed by atoms with E-state index in [0.29, 0.717) is 11.4 Å². The molecule has 1 heterocycles. The molecule has 0 aliphatic rings. The van der Waals surface area contributed by atoms with Gasteiger partial charge in [0.25, 0.3) is 0 Å². The lowest BCUT2D eigenvalue weighted by Crippen LogP contribution is -1.99. The molecule has 0 spiro atoms. The fourth-order valence-electron chi connectivity index (χ4n) is 1.52. The second-order valence-electron chi connectivity index (χ2n) is 3.62. The first kappa shape index (κ1) is 13.6. The van der Waals surface area contributed by atoms with Crippen molar-refractivity contribution >= 4 is 54.8 Å². The molecule has 2 aromatic rings. The number of halogens is 3. The second-order valence-corrected chi connectivity index (χ2v) is 7.34. The molecule has 0 bridgehead atoms. The molecular formula is C12H9Br2ClOS. The van der Waals surface area contributed by atoms with Gasteiger partial charge in [0.1, 0.15) is 0 Å². The fourth-order valence-corrected chi connectivity index (χ4v) is 3.69. The van der Waals surface area contributed by atoms with Crippen molar-refractivity contribution in [3.05, 3.63) is 54.1 Å². The molecular weight excluding hydrogens is 387 g/mol. The SMILES string of the molecule is OC(Cc1cccc(Br)c1)c1cc(Cl)c(Br)s1. The van der Waals surface area contributed by atoms with Crippen LogP contribution < -0.4 is 0 Å². The van der Waals surface area contributed by atoms with Gasteiger partial charge in [0.05, 0.1) is 14.9 Å². The number of thiophene rings is 1. The summed E-state index contributed by atoms with van der Waals surface area (Å²) in [5.74, 6) is 0. The zero-order valence-electron chi connectivity index (χ0n) is 8.66. The van der Waals surface area contributed by atoms with Gasteiger partial charge in [0.2, 0.25) is 0 Å². The second kappa shape index (κ2) is 5.85. The Morgan fingerprint density at radius 3 is 2.65 bits per heavy atom. The molecule has 90 valence electrons.